The lowest BCUT2D eigenvalue weighted by Crippen LogP contribution is -2.23. The van der Waals surface area contributed by atoms with Crippen molar-refractivity contribution in [3.05, 3.63) is 41.7 Å². The molecule has 2 atom stereocenters. The zero-order valence-electron chi connectivity index (χ0n) is 13.7. The Bertz CT molecular complexity index is 557. The van der Waals surface area contributed by atoms with E-state index in [-0.39, 0.29) is 23.4 Å². The summed E-state index contributed by atoms with van der Waals surface area (Å²) >= 11 is 0. The zero-order chi connectivity index (χ0) is 16.1. The van der Waals surface area contributed by atoms with Gasteiger partial charge in [-0.1, -0.05) is 26.8 Å². The Labute approximate surface area is 132 Å². The van der Waals surface area contributed by atoms with Crippen molar-refractivity contribution in [1.29, 1.82) is 0 Å². The van der Waals surface area contributed by atoms with Crippen LogP contribution in [0, 0.1) is 17.8 Å². The Morgan fingerprint density at radius 1 is 1.32 bits per heavy atom. The van der Waals surface area contributed by atoms with Gasteiger partial charge in [0.1, 0.15) is 0 Å². The summed E-state index contributed by atoms with van der Waals surface area (Å²) in [6, 6.07) is 3.80. The van der Waals surface area contributed by atoms with Gasteiger partial charge in [0.15, 0.2) is 11.6 Å². The van der Waals surface area contributed by atoms with Crippen LogP contribution in [0.15, 0.2) is 30.5 Å². The molecule has 2 unspecified atom stereocenters. The van der Waals surface area contributed by atoms with E-state index in [2.05, 4.69) is 11.9 Å². The van der Waals surface area contributed by atoms with E-state index in [4.69, 9.17) is 0 Å². The molecule has 0 aliphatic heterocycles. The number of allylic oxidation sites excluding steroid dienone is 2. The van der Waals surface area contributed by atoms with Crippen LogP contribution in [0.1, 0.15) is 56.1 Å². The number of ketones is 2. The second-order valence-electron chi connectivity index (χ2n) is 6.56. The number of nitrogens with zero attached hydrogens (tertiary/aromatic N) is 1. The number of pyridine rings is 1. The summed E-state index contributed by atoms with van der Waals surface area (Å²) in [5, 5.41) is 0. The predicted octanol–water partition coefficient (Wildman–Crippen LogP) is 4.02. The fourth-order valence-electron chi connectivity index (χ4n) is 2.93. The number of carbonyl (C=O) groups excluding carboxylic acids is 2. The van der Waals surface area contributed by atoms with Gasteiger partial charge in [-0.15, -0.1) is 0 Å². The normalized spacial score (nSPS) is 19.5. The fraction of sp³-hybridized carbons (Fsp3) is 0.526. The second-order valence-corrected chi connectivity index (χ2v) is 6.56. The standard InChI is InChI=1S/C19H25NO2/c1-13(2)19(22)15-9-11-16(20-12-15)10-8-14(3)17-6-4-5-7-18(17)21/h5,7,9,11-14,17H,4,6,8,10H2,1-3H3. The smallest absolute Gasteiger partial charge is 0.166 e. The molecule has 1 aliphatic rings. The molecule has 0 aromatic carbocycles. The van der Waals surface area contributed by atoms with Gasteiger partial charge < -0.3 is 0 Å². The largest absolute Gasteiger partial charge is 0.295 e. The lowest BCUT2D eigenvalue weighted by Gasteiger charge is -2.23. The molecule has 0 saturated heterocycles. The fourth-order valence-corrected chi connectivity index (χ4v) is 2.93. The minimum atomic E-state index is -0.00181. The highest BCUT2D eigenvalue weighted by Gasteiger charge is 2.24. The molecule has 2 rings (SSSR count). The maximum Gasteiger partial charge on any atom is 0.166 e. The van der Waals surface area contributed by atoms with Crippen LogP contribution < -0.4 is 0 Å². The first-order chi connectivity index (χ1) is 10.5. The van der Waals surface area contributed by atoms with E-state index in [1.54, 1.807) is 12.3 Å². The summed E-state index contributed by atoms with van der Waals surface area (Å²) in [5.41, 5.74) is 1.67. The SMILES string of the molecule is CC(C)C(=O)c1ccc(CCC(C)C2CCC=CC2=O)nc1. The number of hydrogen-bond acceptors (Lipinski definition) is 3. The van der Waals surface area contributed by atoms with E-state index < -0.39 is 0 Å². The van der Waals surface area contributed by atoms with Crippen LogP contribution in [0.4, 0.5) is 0 Å². The van der Waals surface area contributed by atoms with Gasteiger partial charge in [0, 0.05) is 29.3 Å². The van der Waals surface area contributed by atoms with Crippen molar-refractivity contribution in [3.63, 3.8) is 0 Å². The van der Waals surface area contributed by atoms with Crippen molar-refractivity contribution in [2.75, 3.05) is 0 Å². The van der Waals surface area contributed by atoms with Gasteiger partial charge in [0.25, 0.3) is 0 Å². The molecule has 0 radical (unpaired) electrons. The lowest BCUT2D eigenvalue weighted by molar-refractivity contribution is -0.120. The van der Waals surface area contributed by atoms with Gasteiger partial charge in [0.05, 0.1) is 0 Å². The maximum atomic E-state index is 11.9. The Hall–Kier alpha value is -1.77. The molecule has 0 saturated carbocycles. The molecule has 22 heavy (non-hydrogen) atoms. The van der Waals surface area contributed by atoms with Crippen molar-refractivity contribution in [2.24, 2.45) is 17.8 Å². The quantitative estimate of drug-likeness (QED) is 0.745. The minimum Gasteiger partial charge on any atom is -0.295 e. The van der Waals surface area contributed by atoms with E-state index in [1.807, 2.05) is 32.1 Å². The van der Waals surface area contributed by atoms with E-state index >= 15 is 0 Å². The lowest BCUT2D eigenvalue weighted by atomic mass is 9.80. The molecule has 0 amide bonds. The summed E-state index contributed by atoms with van der Waals surface area (Å²) in [4.78, 5) is 28.2. The van der Waals surface area contributed by atoms with Crippen molar-refractivity contribution in [3.8, 4) is 0 Å². The van der Waals surface area contributed by atoms with Crippen LogP contribution in [0.2, 0.25) is 0 Å². The molecule has 1 aromatic rings. The summed E-state index contributed by atoms with van der Waals surface area (Å²) in [6.45, 7) is 5.94. The third kappa shape index (κ3) is 4.12. The van der Waals surface area contributed by atoms with Crippen LogP contribution in [0.3, 0.4) is 0 Å². The average molecular weight is 299 g/mol. The van der Waals surface area contributed by atoms with Gasteiger partial charge >= 0.3 is 0 Å². The molecular formula is C19H25NO2. The molecule has 3 nitrogen and oxygen atoms in total. The Balaban J connectivity index is 1.90. The van der Waals surface area contributed by atoms with E-state index in [0.29, 0.717) is 11.5 Å². The number of rotatable bonds is 6. The van der Waals surface area contributed by atoms with Crippen LogP contribution in [-0.4, -0.2) is 16.6 Å². The molecule has 118 valence electrons. The van der Waals surface area contributed by atoms with Gasteiger partial charge in [0.2, 0.25) is 0 Å². The summed E-state index contributed by atoms with van der Waals surface area (Å²) in [5.74, 6) is 0.928. The molecule has 0 bridgehead atoms. The molecule has 1 aliphatic carbocycles. The summed E-state index contributed by atoms with van der Waals surface area (Å²) in [7, 11) is 0. The van der Waals surface area contributed by atoms with Crippen molar-refractivity contribution in [2.45, 2.75) is 46.5 Å². The van der Waals surface area contributed by atoms with Crippen LogP contribution in [0.25, 0.3) is 0 Å². The molecule has 1 aromatic heterocycles. The molecule has 1 heterocycles. The van der Waals surface area contributed by atoms with E-state index in [1.165, 1.54) is 0 Å². The Morgan fingerprint density at radius 2 is 2.09 bits per heavy atom. The summed E-state index contributed by atoms with van der Waals surface area (Å²) < 4.78 is 0. The highest BCUT2D eigenvalue weighted by molar-refractivity contribution is 5.97. The van der Waals surface area contributed by atoms with E-state index in [9.17, 15) is 9.59 Å². The average Bonchev–Trinajstić information content (AvgIpc) is 2.52. The number of carbonyl (C=O) groups is 2. The van der Waals surface area contributed by atoms with Gasteiger partial charge in [-0.05, 0) is 49.8 Å². The Kier molecular flexibility index (Phi) is 5.64. The molecule has 0 spiro atoms. The van der Waals surface area contributed by atoms with Gasteiger partial charge in [-0.25, -0.2) is 0 Å². The van der Waals surface area contributed by atoms with Gasteiger partial charge in [-0.3, -0.25) is 14.6 Å². The number of Topliss-reactive ketones (excluding diaryl/α,β-unsaturated/α-hetero) is 1. The first-order valence-corrected chi connectivity index (χ1v) is 8.18. The second kappa shape index (κ2) is 7.48. The number of aryl methyl sites for hydroxylation is 1. The highest BCUT2D eigenvalue weighted by Crippen LogP contribution is 2.26. The first-order valence-electron chi connectivity index (χ1n) is 8.18. The molecule has 0 N–H and O–H groups in total. The number of hydrogen-bond donors (Lipinski definition) is 0. The van der Waals surface area contributed by atoms with Crippen LogP contribution >= 0.6 is 0 Å². The molecule has 3 heteroatoms. The highest BCUT2D eigenvalue weighted by atomic mass is 16.1. The monoisotopic (exact) mass is 299 g/mol. The summed E-state index contributed by atoms with van der Waals surface area (Å²) in [6.07, 6.45) is 9.15. The minimum absolute atomic E-state index is 0.00181. The van der Waals surface area contributed by atoms with E-state index in [0.717, 1.165) is 31.4 Å². The molecular weight excluding hydrogens is 274 g/mol. The first kappa shape index (κ1) is 16.6. The van der Waals surface area contributed by atoms with Crippen molar-refractivity contribution >= 4 is 11.6 Å². The van der Waals surface area contributed by atoms with Crippen LogP contribution in [-0.2, 0) is 11.2 Å². The van der Waals surface area contributed by atoms with Crippen LogP contribution in [0.5, 0.6) is 0 Å². The third-order valence-corrected chi connectivity index (χ3v) is 4.47. The predicted molar refractivity (Wildman–Crippen MR) is 87.8 cm³/mol. The van der Waals surface area contributed by atoms with Gasteiger partial charge in [-0.2, -0.15) is 0 Å². The number of aromatic nitrogens is 1. The Morgan fingerprint density at radius 3 is 2.68 bits per heavy atom. The zero-order valence-corrected chi connectivity index (χ0v) is 13.7. The topological polar surface area (TPSA) is 47.0 Å². The molecule has 0 fully saturated rings. The van der Waals surface area contributed by atoms with Crippen molar-refractivity contribution in [1.82, 2.24) is 4.98 Å². The maximum absolute atomic E-state index is 11.9. The third-order valence-electron chi connectivity index (χ3n) is 4.47. The van der Waals surface area contributed by atoms with Crippen molar-refractivity contribution < 1.29 is 9.59 Å².